The van der Waals surface area contributed by atoms with E-state index < -0.39 is 11.8 Å². The third-order valence-corrected chi connectivity index (χ3v) is 3.65. The molecule has 0 unspecified atom stereocenters. The van der Waals surface area contributed by atoms with Crippen molar-refractivity contribution in [2.75, 3.05) is 0 Å². The molecule has 3 nitrogen and oxygen atoms in total. The Labute approximate surface area is 150 Å². The Kier molecular flexibility index (Phi) is 5.34. The van der Waals surface area contributed by atoms with Crippen LogP contribution in [-0.4, -0.2) is 11.8 Å². The van der Waals surface area contributed by atoms with Crippen molar-refractivity contribution >= 4 is 17.8 Å². The zero-order valence-corrected chi connectivity index (χ0v) is 13.8. The van der Waals surface area contributed by atoms with Gasteiger partial charge in [0, 0.05) is 5.56 Å². The predicted octanol–water partition coefficient (Wildman–Crippen LogP) is 4.94. The molecule has 3 rings (SSSR count). The van der Waals surface area contributed by atoms with Gasteiger partial charge in [-0.2, -0.15) is 0 Å². The standard InChI is InChI=1S/C22H15FO3/c23-20-12-5-4-11-19(20)22(25)26-18-10-6-7-16(15-18)13-14-21(24)17-8-2-1-3-9-17/h1-15H/b14-13+. The summed E-state index contributed by atoms with van der Waals surface area (Å²) in [5.74, 6) is -1.27. The van der Waals surface area contributed by atoms with Crippen molar-refractivity contribution in [1.82, 2.24) is 0 Å². The Morgan fingerprint density at radius 2 is 1.58 bits per heavy atom. The molecule has 4 heteroatoms. The van der Waals surface area contributed by atoms with Gasteiger partial charge in [0.1, 0.15) is 11.6 Å². The Balaban J connectivity index is 1.72. The van der Waals surface area contributed by atoms with Crippen LogP contribution in [-0.2, 0) is 0 Å². The summed E-state index contributed by atoms with van der Waals surface area (Å²) in [5, 5.41) is 0. The van der Waals surface area contributed by atoms with E-state index >= 15 is 0 Å². The molecule has 0 heterocycles. The largest absolute Gasteiger partial charge is 0.423 e. The van der Waals surface area contributed by atoms with E-state index in [0.29, 0.717) is 11.1 Å². The van der Waals surface area contributed by atoms with E-state index in [9.17, 15) is 14.0 Å². The number of benzene rings is 3. The van der Waals surface area contributed by atoms with Crippen LogP contribution in [0.1, 0.15) is 26.3 Å². The number of allylic oxidation sites excluding steroid dienone is 1. The summed E-state index contributed by atoms with van der Waals surface area (Å²) < 4.78 is 18.9. The van der Waals surface area contributed by atoms with Crippen LogP contribution in [0.2, 0.25) is 0 Å². The lowest BCUT2D eigenvalue weighted by atomic mass is 10.1. The zero-order valence-electron chi connectivity index (χ0n) is 13.8. The molecule has 0 bridgehead atoms. The SMILES string of the molecule is O=C(/C=C/c1cccc(OC(=O)c2ccccc2F)c1)c1ccccc1. The maximum atomic E-state index is 13.6. The van der Waals surface area contributed by atoms with Crippen LogP contribution in [0.3, 0.4) is 0 Å². The summed E-state index contributed by atoms with van der Waals surface area (Å²) in [6.45, 7) is 0. The number of ether oxygens (including phenoxy) is 1. The number of ketones is 1. The molecule has 128 valence electrons. The summed E-state index contributed by atoms with van der Waals surface area (Å²) in [5.41, 5.74) is 1.15. The van der Waals surface area contributed by atoms with Crippen molar-refractivity contribution in [2.24, 2.45) is 0 Å². The van der Waals surface area contributed by atoms with E-state index in [1.165, 1.54) is 24.3 Å². The lowest BCUT2D eigenvalue weighted by Crippen LogP contribution is -2.10. The lowest BCUT2D eigenvalue weighted by Gasteiger charge is -2.05. The zero-order chi connectivity index (χ0) is 18.4. The lowest BCUT2D eigenvalue weighted by molar-refractivity contribution is 0.0729. The van der Waals surface area contributed by atoms with E-state index in [1.807, 2.05) is 6.07 Å². The molecule has 0 N–H and O–H groups in total. The minimum atomic E-state index is -0.774. The molecule has 0 aliphatic rings. The summed E-state index contributed by atoms with van der Waals surface area (Å²) >= 11 is 0. The number of esters is 1. The Morgan fingerprint density at radius 1 is 0.846 bits per heavy atom. The van der Waals surface area contributed by atoms with E-state index in [4.69, 9.17) is 4.74 Å². The van der Waals surface area contributed by atoms with E-state index in [2.05, 4.69) is 0 Å². The third-order valence-electron chi connectivity index (χ3n) is 3.65. The van der Waals surface area contributed by atoms with Crippen molar-refractivity contribution in [3.05, 3.63) is 107 Å². The first-order valence-corrected chi connectivity index (χ1v) is 7.98. The van der Waals surface area contributed by atoms with Gasteiger partial charge in [-0.25, -0.2) is 9.18 Å². The second-order valence-electron chi connectivity index (χ2n) is 5.51. The number of carbonyl (C=O) groups is 2. The molecular weight excluding hydrogens is 331 g/mol. The van der Waals surface area contributed by atoms with Gasteiger partial charge in [-0.3, -0.25) is 4.79 Å². The molecule has 0 amide bonds. The third kappa shape index (κ3) is 4.30. The van der Waals surface area contributed by atoms with Crippen molar-refractivity contribution < 1.29 is 18.7 Å². The monoisotopic (exact) mass is 346 g/mol. The van der Waals surface area contributed by atoms with Crippen LogP contribution in [0.4, 0.5) is 4.39 Å². The number of halogens is 1. The van der Waals surface area contributed by atoms with Gasteiger partial charge < -0.3 is 4.74 Å². The highest BCUT2D eigenvalue weighted by Gasteiger charge is 2.13. The Bertz CT molecular complexity index is 962. The Morgan fingerprint density at radius 3 is 2.35 bits per heavy atom. The van der Waals surface area contributed by atoms with Gasteiger partial charge in [-0.15, -0.1) is 0 Å². The molecule has 0 atom stereocenters. The topological polar surface area (TPSA) is 43.4 Å². The summed E-state index contributed by atoms with van der Waals surface area (Å²) in [4.78, 5) is 24.2. The molecule has 3 aromatic carbocycles. The van der Waals surface area contributed by atoms with E-state index in [0.717, 1.165) is 0 Å². The summed E-state index contributed by atoms with van der Waals surface area (Å²) in [7, 11) is 0. The first-order chi connectivity index (χ1) is 12.6. The maximum absolute atomic E-state index is 13.6. The second kappa shape index (κ2) is 8.03. The van der Waals surface area contributed by atoms with E-state index in [1.54, 1.807) is 60.7 Å². The highest BCUT2D eigenvalue weighted by atomic mass is 19.1. The van der Waals surface area contributed by atoms with Gasteiger partial charge in [0.2, 0.25) is 0 Å². The fourth-order valence-corrected chi connectivity index (χ4v) is 2.34. The summed E-state index contributed by atoms with van der Waals surface area (Å²) in [6, 6.07) is 21.2. The second-order valence-corrected chi connectivity index (χ2v) is 5.51. The maximum Gasteiger partial charge on any atom is 0.346 e. The van der Waals surface area contributed by atoms with Crippen LogP contribution >= 0.6 is 0 Å². The first-order valence-electron chi connectivity index (χ1n) is 7.98. The van der Waals surface area contributed by atoms with Gasteiger partial charge in [0.15, 0.2) is 5.78 Å². The van der Waals surface area contributed by atoms with Crippen molar-refractivity contribution in [3.63, 3.8) is 0 Å². The van der Waals surface area contributed by atoms with Gasteiger partial charge in [-0.1, -0.05) is 60.7 Å². The quantitative estimate of drug-likeness (QED) is 0.284. The molecule has 0 aliphatic carbocycles. The molecule has 0 radical (unpaired) electrons. The number of carbonyl (C=O) groups excluding carboxylic acids is 2. The van der Waals surface area contributed by atoms with Crippen LogP contribution < -0.4 is 4.74 Å². The van der Waals surface area contributed by atoms with Gasteiger partial charge in [0.05, 0.1) is 5.56 Å². The molecule has 3 aromatic rings. The molecular formula is C22H15FO3. The Hall–Kier alpha value is -3.53. The molecule has 0 saturated carbocycles. The smallest absolute Gasteiger partial charge is 0.346 e. The molecule has 26 heavy (non-hydrogen) atoms. The minimum Gasteiger partial charge on any atom is -0.423 e. The molecule has 0 aliphatic heterocycles. The predicted molar refractivity (Wildman–Crippen MR) is 97.6 cm³/mol. The van der Waals surface area contributed by atoms with Crippen molar-refractivity contribution in [3.8, 4) is 5.75 Å². The molecule has 0 saturated heterocycles. The van der Waals surface area contributed by atoms with Crippen LogP contribution in [0.5, 0.6) is 5.75 Å². The van der Waals surface area contributed by atoms with Crippen LogP contribution in [0, 0.1) is 5.82 Å². The average Bonchev–Trinajstić information content (AvgIpc) is 2.67. The molecule has 0 spiro atoms. The number of hydrogen-bond acceptors (Lipinski definition) is 3. The van der Waals surface area contributed by atoms with Crippen molar-refractivity contribution in [1.29, 1.82) is 0 Å². The normalized spacial score (nSPS) is 10.7. The number of rotatable bonds is 5. The van der Waals surface area contributed by atoms with Gasteiger partial charge in [-0.05, 0) is 35.9 Å². The highest BCUT2D eigenvalue weighted by molar-refractivity contribution is 6.06. The van der Waals surface area contributed by atoms with Crippen LogP contribution in [0.15, 0.2) is 84.9 Å². The summed E-state index contributed by atoms with van der Waals surface area (Å²) in [6.07, 6.45) is 3.09. The average molecular weight is 346 g/mol. The van der Waals surface area contributed by atoms with Crippen molar-refractivity contribution in [2.45, 2.75) is 0 Å². The van der Waals surface area contributed by atoms with Crippen LogP contribution in [0.25, 0.3) is 6.08 Å². The minimum absolute atomic E-state index is 0.126. The fourth-order valence-electron chi connectivity index (χ4n) is 2.34. The molecule has 0 fully saturated rings. The van der Waals surface area contributed by atoms with Gasteiger partial charge in [0.25, 0.3) is 0 Å². The molecule has 0 aromatic heterocycles. The fraction of sp³-hybridized carbons (Fsp3) is 0. The first kappa shape index (κ1) is 17.3. The number of hydrogen-bond donors (Lipinski definition) is 0. The highest BCUT2D eigenvalue weighted by Crippen LogP contribution is 2.17. The van der Waals surface area contributed by atoms with Gasteiger partial charge >= 0.3 is 5.97 Å². The van der Waals surface area contributed by atoms with E-state index in [-0.39, 0.29) is 17.1 Å².